The number of ether oxygens (including phenoxy) is 2. The van der Waals surface area contributed by atoms with Crippen LogP contribution in [0.15, 0.2) is 84.4 Å². The van der Waals surface area contributed by atoms with E-state index in [0.29, 0.717) is 34.9 Å². The minimum atomic E-state index is -0.833. The van der Waals surface area contributed by atoms with Crippen LogP contribution in [0.2, 0.25) is 0 Å². The van der Waals surface area contributed by atoms with Crippen LogP contribution in [-0.4, -0.2) is 30.5 Å². The van der Waals surface area contributed by atoms with Crippen molar-refractivity contribution in [2.24, 2.45) is 0 Å². The van der Waals surface area contributed by atoms with Gasteiger partial charge in [0.2, 0.25) is 0 Å². The lowest BCUT2D eigenvalue weighted by Crippen LogP contribution is -2.29. The van der Waals surface area contributed by atoms with Gasteiger partial charge in [0, 0.05) is 17.3 Å². The average molecular weight is 486 g/mol. The largest absolute Gasteiger partial charge is 0.507 e. The number of nitrogens with zero attached hydrogens (tertiary/aromatic N) is 1. The molecule has 0 radical (unpaired) electrons. The van der Waals surface area contributed by atoms with E-state index in [-0.39, 0.29) is 11.3 Å². The Balaban J connectivity index is 1.77. The van der Waals surface area contributed by atoms with Gasteiger partial charge in [-0.25, -0.2) is 0 Å². The molecule has 36 heavy (non-hydrogen) atoms. The second-order valence-corrected chi connectivity index (χ2v) is 8.72. The molecule has 0 aliphatic carbocycles. The number of amides is 1. The summed E-state index contributed by atoms with van der Waals surface area (Å²) in [5, 5.41) is 11.2. The summed E-state index contributed by atoms with van der Waals surface area (Å²) < 4.78 is 11.3. The van der Waals surface area contributed by atoms with Crippen molar-refractivity contribution >= 4 is 23.1 Å². The first-order valence-corrected chi connectivity index (χ1v) is 12.3. The highest BCUT2D eigenvalue weighted by atomic mass is 16.5. The molecule has 6 heteroatoms. The number of benzene rings is 3. The van der Waals surface area contributed by atoms with E-state index in [1.807, 2.05) is 18.2 Å². The Morgan fingerprint density at radius 2 is 1.64 bits per heavy atom. The lowest BCUT2D eigenvalue weighted by Gasteiger charge is -2.26. The molecule has 4 rings (SSSR count). The SMILES string of the molecule is CCCCCCOc1cccc(N2C(=O)C(=O)C(=C(O)c3ccccc3)[C@@H]2c2cccc(OC)c2)c1. The number of aliphatic hydroxyl groups excluding tert-OH is 1. The van der Waals surface area contributed by atoms with Crippen LogP contribution in [0.1, 0.15) is 49.8 Å². The number of rotatable bonds is 10. The van der Waals surface area contributed by atoms with Crippen LogP contribution in [0.4, 0.5) is 5.69 Å². The minimum Gasteiger partial charge on any atom is -0.507 e. The van der Waals surface area contributed by atoms with Gasteiger partial charge in [0.25, 0.3) is 11.7 Å². The molecule has 1 saturated heterocycles. The maximum Gasteiger partial charge on any atom is 0.300 e. The van der Waals surface area contributed by atoms with E-state index in [1.165, 1.54) is 4.90 Å². The van der Waals surface area contributed by atoms with Gasteiger partial charge in [-0.1, -0.05) is 74.7 Å². The number of methoxy groups -OCH3 is 1. The molecule has 1 aliphatic rings. The maximum atomic E-state index is 13.4. The predicted molar refractivity (Wildman–Crippen MR) is 140 cm³/mol. The number of carbonyl (C=O) groups excluding carboxylic acids is 2. The van der Waals surface area contributed by atoms with E-state index in [9.17, 15) is 14.7 Å². The van der Waals surface area contributed by atoms with E-state index >= 15 is 0 Å². The van der Waals surface area contributed by atoms with Gasteiger partial charge < -0.3 is 14.6 Å². The van der Waals surface area contributed by atoms with Crippen LogP contribution < -0.4 is 14.4 Å². The molecule has 1 amide bonds. The lowest BCUT2D eigenvalue weighted by molar-refractivity contribution is -0.132. The number of ketones is 1. The van der Waals surface area contributed by atoms with Gasteiger partial charge in [-0.05, 0) is 36.2 Å². The highest BCUT2D eigenvalue weighted by Gasteiger charge is 2.47. The highest BCUT2D eigenvalue weighted by Crippen LogP contribution is 2.43. The van der Waals surface area contributed by atoms with E-state index < -0.39 is 17.7 Å². The standard InChI is InChI=1S/C30H31NO5/c1-3-4-5-9-18-36-25-17-11-15-23(20-25)31-27(22-14-10-16-24(19-22)35-2)26(29(33)30(31)34)28(32)21-12-7-6-8-13-21/h6-8,10-17,19-20,27,32H,3-5,9,18H2,1-2H3/t27-/m0/s1. The Morgan fingerprint density at radius 3 is 2.39 bits per heavy atom. The molecule has 0 unspecified atom stereocenters. The third-order valence-corrected chi connectivity index (χ3v) is 6.26. The first kappa shape index (κ1) is 25.0. The van der Waals surface area contributed by atoms with E-state index in [1.54, 1.807) is 67.8 Å². The van der Waals surface area contributed by atoms with Gasteiger partial charge in [0.15, 0.2) is 0 Å². The third kappa shape index (κ3) is 5.28. The Labute approximate surface area is 211 Å². The number of hydrogen-bond acceptors (Lipinski definition) is 5. The van der Waals surface area contributed by atoms with Crippen molar-refractivity contribution in [2.45, 2.75) is 38.6 Å². The Morgan fingerprint density at radius 1 is 0.889 bits per heavy atom. The van der Waals surface area contributed by atoms with Gasteiger partial charge in [-0.3, -0.25) is 14.5 Å². The molecule has 0 saturated carbocycles. The number of unbranched alkanes of at least 4 members (excludes halogenated alkanes) is 3. The quantitative estimate of drug-likeness (QED) is 0.158. The third-order valence-electron chi connectivity index (χ3n) is 6.26. The minimum absolute atomic E-state index is 0.0327. The van der Waals surface area contributed by atoms with E-state index in [0.717, 1.165) is 25.7 Å². The number of carbonyl (C=O) groups is 2. The number of aliphatic hydroxyl groups is 1. The molecule has 3 aromatic rings. The van der Waals surface area contributed by atoms with Gasteiger partial charge in [0.1, 0.15) is 17.3 Å². The summed E-state index contributed by atoms with van der Waals surface area (Å²) in [7, 11) is 1.56. The lowest BCUT2D eigenvalue weighted by atomic mass is 9.95. The van der Waals surface area contributed by atoms with Crippen LogP contribution >= 0.6 is 0 Å². The molecule has 0 spiro atoms. The summed E-state index contributed by atoms with van der Waals surface area (Å²) in [5.74, 6) is -0.455. The Kier molecular flexibility index (Phi) is 8.06. The zero-order chi connectivity index (χ0) is 25.5. The van der Waals surface area contributed by atoms with E-state index in [2.05, 4.69) is 6.92 Å². The van der Waals surface area contributed by atoms with Crippen molar-refractivity contribution in [1.82, 2.24) is 0 Å². The van der Waals surface area contributed by atoms with Crippen LogP contribution in [-0.2, 0) is 9.59 Å². The Hall–Kier alpha value is -4.06. The van der Waals surface area contributed by atoms with Crippen molar-refractivity contribution in [3.63, 3.8) is 0 Å². The molecule has 6 nitrogen and oxygen atoms in total. The molecule has 0 bridgehead atoms. The van der Waals surface area contributed by atoms with Crippen molar-refractivity contribution in [3.05, 3.63) is 95.6 Å². The van der Waals surface area contributed by atoms with Gasteiger partial charge in [-0.2, -0.15) is 0 Å². The molecule has 3 aromatic carbocycles. The van der Waals surface area contributed by atoms with Crippen LogP contribution in [0.5, 0.6) is 11.5 Å². The fourth-order valence-electron chi connectivity index (χ4n) is 4.42. The zero-order valence-electron chi connectivity index (χ0n) is 20.6. The summed E-state index contributed by atoms with van der Waals surface area (Å²) in [5.41, 5.74) is 1.66. The normalized spacial score (nSPS) is 16.8. The number of hydrogen-bond donors (Lipinski definition) is 1. The topological polar surface area (TPSA) is 76.1 Å². The predicted octanol–water partition coefficient (Wildman–Crippen LogP) is 6.28. The molecule has 1 heterocycles. The van der Waals surface area contributed by atoms with Crippen molar-refractivity contribution in [3.8, 4) is 11.5 Å². The zero-order valence-corrected chi connectivity index (χ0v) is 20.6. The molecule has 1 atom stereocenters. The smallest absolute Gasteiger partial charge is 0.300 e. The number of Topliss-reactive ketones (excluding diaryl/α,β-unsaturated/α-hetero) is 1. The molecule has 1 fully saturated rings. The molecule has 0 aromatic heterocycles. The maximum absolute atomic E-state index is 13.4. The molecule has 186 valence electrons. The summed E-state index contributed by atoms with van der Waals surface area (Å²) in [4.78, 5) is 28.1. The summed E-state index contributed by atoms with van der Waals surface area (Å²) in [6, 6.07) is 22.3. The summed E-state index contributed by atoms with van der Waals surface area (Å²) in [6.07, 6.45) is 4.36. The fraction of sp³-hybridized carbons (Fsp3) is 0.267. The average Bonchev–Trinajstić information content (AvgIpc) is 3.19. The van der Waals surface area contributed by atoms with Crippen LogP contribution in [0.3, 0.4) is 0 Å². The second kappa shape index (κ2) is 11.6. The van der Waals surface area contributed by atoms with Crippen molar-refractivity contribution in [2.75, 3.05) is 18.6 Å². The summed E-state index contributed by atoms with van der Waals surface area (Å²) in [6.45, 7) is 2.74. The monoisotopic (exact) mass is 485 g/mol. The summed E-state index contributed by atoms with van der Waals surface area (Å²) >= 11 is 0. The second-order valence-electron chi connectivity index (χ2n) is 8.72. The van der Waals surface area contributed by atoms with Gasteiger partial charge in [0.05, 0.1) is 25.3 Å². The van der Waals surface area contributed by atoms with E-state index in [4.69, 9.17) is 9.47 Å². The van der Waals surface area contributed by atoms with Crippen molar-refractivity contribution in [1.29, 1.82) is 0 Å². The van der Waals surface area contributed by atoms with Crippen molar-refractivity contribution < 1.29 is 24.2 Å². The van der Waals surface area contributed by atoms with Crippen LogP contribution in [0, 0.1) is 0 Å². The molecule has 1 N–H and O–H groups in total. The fourth-order valence-corrected chi connectivity index (χ4v) is 4.42. The number of anilines is 1. The Bertz CT molecular complexity index is 1250. The molecule has 1 aliphatic heterocycles. The van der Waals surface area contributed by atoms with Gasteiger partial charge in [-0.15, -0.1) is 0 Å². The van der Waals surface area contributed by atoms with Gasteiger partial charge >= 0.3 is 0 Å². The first-order valence-electron chi connectivity index (χ1n) is 12.3. The first-order chi connectivity index (χ1) is 17.5. The molecular formula is C30H31NO5. The van der Waals surface area contributed by atoms with Crippen LogP contribution in [0.25, 0.3) is 5.76 Å². The molecular weight excluding hydrogens is 454 g/mol. The highest BCUT2D eigenvalue weighted by molar-refractivity contribution is 6.51.